The van der Waals surface area contributed by atoms with Gasteiger partial charge in [-0.25, -0.2) is 0 Å². The fourth-order valence-corrected chi connectivity index (χ4v) is 3.38. The molecule has 1 heterocycles. The third-order valence-corrected chi connectivity index (χ3v) is 4.92. The quantitative estimate of drug-likeness (QED) is 0.443. The second-order valence-corrected chi connectivity index (χ2v) is 7.15. The largest absolute Gasteiger partial charge is 0.494 e. The minimum Gasteiger partial charge on any atom is -0.494 e. The molecule has 0 fully saturated rings. The standard InChI is InChI=1S/C24H18ClN3O3/c1-31-22-14-17(9-10-21(22)28-23(29)15-5-4-6-16(25)13-15)27-24(30)19-11-12-26-20-8-3-2-7-18(19)20/h2-14H,1H3,(H,27,30)(H,28,29). The molecule has 1 aromatic heterocycles. The highest BCUT2D eigenvalue weighted by atomic mass is 35.5. The number of fused-ring (bicyclic) bond motifs is 1. The monoisotopic (exact) mass is 431 g/mol. The highest BCUT2D eigenvalue weighted by Gasteiger charge is 2.14. The van der Waals surface area contributed by atoms with Gasteiger partial charge in [-0.05, 0) is 42.5 Å². The normalized spacial score (nSPS) is 10.5. The van der Waals surface area contributed by atoms with Gasteiger partial charge in [0.05, 0.1) is 23.9 Å². The van der Waals surface area contributed by atoms with E-state index in [0.29, 0.717) is 33.3 Å². The van der Waals surface area contributed by atoms with Gasteiger partial charge in [0.25, 0.3) is 11.8 Å². The number of aromatic nitrogens is 1. The van der Waals surface area contributed by atoms with Crippen molar-refractivity contribution >= 4 is 45.7 Å². The summed E-state index contributed by atoms with van der Waals surface area (Å²) >= 11 is 5.96. The van der Waals surface area contributed by atoms with Crippen LogP contribution >= 0.6 is 11.6 Å². The van der Waals surface area contributed by atoms with Gasteiger partial charge in [0.15, 0.2) is 0 Å². The van der Waals surface area contributed by atoms with E-state index >= 15 is 0 Å². The van der Waals surface area contributed by atoms with Crippen molar-refractivity contribution < 1.29 is 14.3 Å². The van der Waals surface area contributed by atoms with Crippen LogP contribution < -0.4 is 15.4 Å². The number of hydrogen-bond donors (Lipinski definition) is 2. The zero-order valence-corrected chi connectivity index (χ0v) is 17.3. The van der Waals surface area contributed by atoms with Gasteiger partial charge in [-0.2, -0.15) is 0 Å². The van der Waals surface area contributed by atoms with Gasteiger partial charge in [-0.1, -0.05) is 35.9 Å². The van der Waals surface area contributed by atoms with Crippen LogP contribution in [0.15, 0.2) is 79.0 Å². The fourth-order valence-electron chi connectivity index (χ4n) is 3.19. The smallest absolute Gasteiger partial charge is 0.256 e. The Bertz CT molecular complexity index is 1280. The molecule has 4 rings (SSSR count). The number of hydrogen-bond acceptors (Lipinski definition) is 4. The van der Waals surface area contributed by atoms with Crippen LogP contribution in [0.25, 0.3) is 10.9 Å². The third-order valence-electron chi connectivity index (χ3n) is 4.69. The molecule has 6 nitrogen and oxygen atoms in total. The molecule has 2 amide bonds. The number of rotatable bonds is 5. The summed E-state index contributed by atoms with van der Waals surface area (Å²) in [5, 5.41) is 6.90. The second kappa shape index (κ2) is 8.85. The van der Waals surface area contributed by atoms with Crippen LogP contribution in [0.5, 0.6) is 5.75 Å². The van der Waals surface area contributed by atoms with Crippen molar-refractivity contribution in [2.45, 2.75) is 0 Å². The number of anilines is 2. The number of para-hydroxylation sites is 1. The van der Waals surface area contributed by atoms with Crippen molar-refractivity contribution in [3.05, 3.63) is 95.1 Å². The Morgan fingerprint density at radius 2 is 1.74 bits per heavy atom. The first kappa shape index (κ1) is 20.4. The number of nitrogens with zero attached hydrogens (tertiary/aromatic N) is 1. The van der Waals surface area contributed by atoms with Crippen LogP contribution in [0.1, 0.15) is 20.7 Å². The van der Waals surface area contributed by atoms with Gasteiger partial charge >= 0.3 is 0 Å². The van der Waals surface area contributed by atoms with Gasteiger partial charge in [0.1, 0.15) is 5.75 Å². The maximum atomic E-state index is 12.8. The lowest BCUT2D eigenvalue weighted by atomic mass is 10.1. The van der Waals surface area contributed by atoms with Gasteiger partial charge in [0.2, 0.25) is 0 Å². The van der Waals surface area contributed by atoms with E-state index in [1.165, 1.54) is 7.11 Å². The van der Waals surface area contributed by atoms with Gasteiger partial charge < -0.3 is 15.4 Å². The zero-order chi connectivity index (χ0) is 21.8. The van der Waals surface area contributed by atoms with E-state index in [1.54, 1.807) is 54.7 Å². The van der Waals surface area contributed by atoms with Crippen molar-refractivity contribution in [1.82, 2.24) is 4.98 Å². The van der Waals surface area contributed by atoms with Crippen LogP contribution in [0, 0.1) is 0 Å². The molecule has 154 valence electrons. The number of pyridine rings is 1. The van der Waals surface area contributed by atoms with Gasteiger partial charge in [-0.3, -0.25) is 14.6 Å². The average molecular weight is 432 g/mol. The Labute approximate surface area is 183 Å². The molecule has 31 heavy (non-hydrogen) atoms. The molecule has 0 aliphatic carbocycles. The molecule has 0 saturated carbocycles. The number of ether oxygens (including phenoxy) is 1. The number of carbonyl (C=O) groups excluding carboxylic acids is 2. The molecule has 3 aromatic carbocycles. The first-order valence-corrected chi connectivity index (χ1v) is 9.83. The fraction of sp³-hybridized carbons (Fsp3) is 0.0417. The number of methoxy groups -OCH3 is 1. The van der Waals surface area contributed by atoms with Crippen LogP contribution in [-0.4, -0.2) is 23.9 Å². The number of carbonyl (C=O) groups is 2. The summed E-state index contributed by atoms with van der Waals surface area (Å²) in [5.74, 6) is -0.176. The molecule has 0 spiro atoms. The number of halogens is 1. The molecule has 0 atom stereocenters. The van der Waals surface area contributed by atoms with Crippen molar-refractivity contribution in [3.8, 4) is 5.75 Å². The minimum atomic E-state index is -0.319. The molecule has 0 bridgehead atoms. The Morgan fingerprint density at radius 3 is 2.55 bits per heavy atom. The molecule has 0 aliphatic rings. The zero-order valence-electron chi connectivity index (χ0n) is 16.6. The third kappa shape index (κ3) is 4.49. The highest BCUT2D eigenvalue weighted by Crippen LogP contribution is 2.29. The summed E-state index contributed by atoms with van der Waals surface area (Å²) in [4.78, 5) is 29.6. The molecule has 7 heteroatoms. The maximum absolute atomic E-state index is 12.8. The molecule has 4 aromatic rings. The first-order chi connectivity index (χ1) is 15.0. The van der Waals surface area contributed by atoms with Crippen molar-refractivity contribution in [2.75, 3.05) is 17.7 Å². The van der Waals surface area contributed by atoms with E-state index in [9.17, 15) is 9.59 Å². The predicted octanol–water partition coefficient (Wildman–Crippen LogP) is 5.40. The van der Waals surface area contributed by atoms with Crippen LogP contribution in [-0.2, 0) is 0 Å². The Balaban J connectivity index is 1.55. The lowest BCUT2D eigenvalue weighted by Gasteiger charge is -2.13. The van der Waals surface area contributed by atoms with E-state index < -0.39 is 0 Å². The number of benzene rings is 3. The van der Waals surface area contributed by atoms with Gasteiger partial charge in [-0.15, -0.1) is 0 Å². The summed E-state index contributed by atoms with van der Waals surface area (Å²) in [7, 11) is 1.49. The van der Waals surface area contributed by atoms with E-state index in [4.69, 9.17) is 16.3 Å². The van der Waals surface area contributed by atoms with Crippen LogP contribution in [0.3, 0.4) is 0 Å². The summed E-state index contributed by atoms with van der Waals surface area (Å²) < 4.78 is 5.40. The number of nitrogens with one attached hydrogen (secondary N) is 2. The average Bonchev–Trinajstić information content (AvgIpc) is 2.79. The highest BCUT2D eigenvalue weighted by molar-refractivity contribution is 6.31. The lowest BCUT2D eigenvalue weighted by Crippen LogP contribution is -2.14. The maximum Gasteiger partial charge on any atom is 0.256 e. The molecule has 0 radical (unpaired) electrons. The minimum absolute atomic E-state index is 0.267. The van der Waals surface area contributed by atoms with E-state index in [0.717, 1.165) is 10.9 Å². The molecule has 2 N–H and O–H groups in total. The van der Waals surface area contributed by atoms with Gasteiger partial charge in [0, 0.05) is 33.9 Å². The summed E-state index contributed by atoms with van der Waals surface area (Å²) in [6, 6.07) is 20.8. The van der Waals surface area contributed by atoms with E-state index in [-0.39, 0.29) is 11.8 Å². The summed E-state index contributed by atoms with van der Waals surface area (Å²) in [6.45, 7) is 0. The van der Waals surface area contributed by atoms with Crippen molar-refractivity contribution in [2.24, 2.45) is 0 Å². The Morgan fingerprint density at radius 1 is 0.903 bits per heavy atom. The predicted molar refractivity (Wildman–Crippen MR) is 122 cm³/mol. The SMILES string of the molecule is COc1cc(NC(=O)c2ccnc3ccccc23)ccc1NC(=O)c1cccc(Cl)c1. The van der Waals surface area contributed by atoms with Crippen molar-refractivity contribution in [3.63, 3.8) is 0 Å². The molecule has 0 unspecified atom stereocenters. The molecule has 0 saturated heterocycles. The van der Waals surface area contributed by atoms with Crippen LogP contribution in [0.4, 0.5) is 11.4 Å². The van der Waals surface area contributed by atoms with E-state index in [2.05, 4.69) is 15.6 Å². The topological polar surface area (TPSA) is 80.3 Å². The number of amides is 2. The van der Waals surface area contributed by atoms with Crippen LogP contribution in [0.2, 0.25) is 5.02 Å². The summed E-state index contributed by atoms with van der Waals surface area (Å²) in [5.41, 5.74) is 2.69. The second-order valence-electron chi connectivity index (χ2n) is 6.71. The first-order valence-electron chi connectivity index (χ1n) is 9.45. The summed E-state index contributed by atoms with van der Waals surface area (Å²) in [6.07, 6.45) is 1.60. The van der Waals surface area contributed by atoms with E-state index in [1.807, 2.05) is 24.3 Å². The Hall–Kier alpha value is -3.90. The molecular formula is C24H18ClN3O3. The molecular weight excluding hydrogens is 414 g/mol. The lowest BCUT2D eigenvalue weighted by molar-refractivity contribution is 0.101. The Kier molecular flexibility index (Phi) is 5.82. The molecule has 0 aliphatic heterocycles. The van der Waals surface area contributed by atoms with Crippen molar-refractivity contribution in [1.29, 1.82) is 0 Å².